The van der Waals surface area contributed by atoms with E-state index in [0.717, 1.165) is 41.7 Å². The van der Waals surface area contributed by atoms with Crippen molar-refractivity contribution in [1.29, 1.82) is 0 Å². The molecule has 0 aliphatic heterocycles. The smallest absolute Gasteiger partial charge is 0.343 e. The van der Waals surface area contributed by atoms with Crippen LogP contribution in [0.5, 0.6) is 17.2 Å². The van der Waals surface area contributed by atoms with Gasteiger partial charge in [-0.1, -0.05) is 92.4 Å². The molecule has 0 saturated heterocycles. The number of hydrogen-bond acceptors (Lipinski definition) is 7. The Morgan fingerprint density at radius 2 is 1.32 bits per heavy atom. The number of unbranched alkanes of at least 4 members (excludes halogenated alkanes) is 4. The van der Waals surface area contributed by atoms with Crippen molar-refractivity contribution in [3.05, 3.63) is 132 Å². The largest absolute Gasteiger partial charge is 0.497 e. The number of methoxy groups -OCH3 is 1. The van der Waals surface area contributed by atoms with Crippen molar-refractivity contribution in [3.8, 4) is 28.4 Å². The van der Waals surface area contributed by atoms with Gasteiger partial charge in [-0.05, 0) is 95.1 Å². The molecule has 0 spiro atoms. The van der Waals surface area contributed by atoms with Gasteiger partial charge in [0.1, 0.15) is 17.2 Å². The van der Waals surface area contributed by atoms with E-state index in [-0.39, 0.29) is 6.79 Å². The summed E-state index contributed by atoms with van der Waals surface area (Å²) in [7, 11) is 1.64. The number of hydrogen-bond donors (Lipinski definition) is 1. The lowest BCUT2D eigenvalue weighted by molar-refractivity contribution is -0.242. The Morgan fingerprint density at radius 3 is 2.02 bits per heavy atom. The molecule has 4 aromatic rings. The van der Waals surface area contributed by atoms with Gasteiger partial charge in [0.2, 0.25) is 0 Å². The van der Waals surface area contributed by atoms with Crippen LogP contribution in [0.1, 0.15) is 60.0 Å². The minimum absolute atomic E-state index is 0.103. The van der Waals surface area contributed by atoms with Crippen LogP contribution in [0.4, 0.5) is 0 Å². The van der Waals surface area contributed by atoms with Crippen LogP contribution in [0.3, 0.4) is 0 Å². The third kappa shape index (κ3) is 10.4. The number of esters is 1. The van der Waals surface area contributed by atoms with Gasteiger partial charge in [0.15, 0.2) is 6.79 Å². The lowest BCUT2D eigenvalue weighted by Crippen LogP contribution is -2.08. The van der Waals surface area contributed by atoms with Gasteiger partial charge in [-0.3, -0.25) is 5.26 Å². The number of ether oxygens (including phenoxy) is 4. The Labute approximate surface area is 277 Å². The van der Waals surface area contributed by atoms with E-state index < -0.39 is 5.97 Å². The zero-order chi connectivity index (χ0) is 32.7. The van der Waals surface area contributed by atoms with Crippen LogP contribution in [-0.4, -0.2) is 31.7 Å². The summed E-state index contributed by atoms with van der Waals surface area (Å²) in [6, 6.07) is 30.4. The molecule has 4 aromatic carbocycles. The lowest BCUT2D eigenvalue weighted by Gasteiger charge is -2.10. The predicted octanol–water partition coefficient (Wildman–Crippen LogP) is 9.53. The summed E-state index contributed by atoms with van der Waals surface area (Å²) in [4.78, 5) is 16.8. The molecule has 1 unspecified atom stereocenters. The minimum atomic E-state index is -0.428. The van der Waals surface area contributed by atoms with Crippen LogP contribution in [0.15, 0.2) is 115 Å². The standard InChI is InChI=1S/C40H42O7/c1-43-37-20-18-33(19-21-37)32-14-16-35(17-15-32)40(41)47-39-24-22-38(23-25-39)45-29-44-28-31-9-11-34(12-10-31)36-13-8-30(27-36)7-5-3-2-4-6-26-46-42/h8-25,27,30,42H,2-7,26,28-29H2,1H3. The summed E-state index contributed by atoms with van der Waals surface area (Å²) in [6.45, 7) is 0.971. The molecule has 0 radical (unpaired) electrons. The summed E-state index contributed by atoms with van der Waals surface area (Å²) in [5, 5.41) is 8.38. The number of carbonyl (C=O) groups is 1. The first kappa shape index (κ1) is 33.7. The minimum Gasteiger partial charge on any atom is -0.497 e. The lowest BCUT2D eigenvalue weighted by atomic mass is 10.0. The van der Waals surface area contributed by atoms with Crippen LogP contribution < -0.4 is 14.2 Å². The highest BCUT2D eigenvalue weighted by atomic mass is 17.1. The summed E-state index contributed by atoms with van der Waals surface area (Å²) in [5.74, 6) is 1.92. The molecule has 1 N–H and O–H groups in total. The second-order valence-electron chi connectivity index (χ2n) is 11.5. The van der Waals surface area contributed by atoms with Gasteiger partial charge in [0.05, 0.1) is 25.9 Å². The molecular weight excluding hydrogens is 592 g/mol. The number of rotatable bonds is 18. The fourth-order valence-corrected chi connectivity index (χ4v) is 5.43. The molecule has 0 heterocycles. The van der Waals surface area contributed by atoms with Crippen molar-refractivity contribution >= 4 is 11.5 Å². The fraction of sp³-hybridized carbons (Fsp3) is 0.275. The molecule has 7 heteroatoms. The summed E-state index contributed by atoms with van der Waals surface area (Å²) in [6.07, 6.45) is 13.6. The van der Waals surface area contributed by atoms with Crippen molar-refractivity contribution < 1.29 is 33.9 Å². The van der Waals surface area contributed by atoms with Gasteiger partial charge in [0, 0.05) is 0 Å². The van der Waals surface area contributed by atoms with E-state index in [4.69, 9.17) is 24.2 Å². The van der Waals surface area contributed by atoms with E-state index in [1.807, 2.05) is 36.4 Å². The second-order valence-corrected chi connectivity index (χ2v) is 11.5. The van der Waals surface area contributed by atoms with Gasteiger partial charge >= 0.3 is 5.97 Å². The zero-order valence-electron chi connectivity index (χ0n) is 26.8. The maximum absolute atomic E-state index is 12.7. The molecule has 5 rings (SSSR count). The van der Waals surface area contributed by atoms with Gasteiger partial charge in [-0.25, -0.2) is 9.68 Å². The monoisotopic (exact) mass is 634 g/mol. The topological polar surface area (TPSA) is 83.5 Å². The number of carbonyl (C=O) groups excluding carboxylic acids is 1. The van der Waals surface area contributed by atoms with E-state index in [0.29, 0.717) is 36.2 Å². The van der Waals surface area contributed by atoms with E-state index in [9.17, 15) is 4.79 Å². The number of benzene rings is 4. The molecule has 244 valence electrons. The Balaban J connectivity index is 0.991. The molecule has 1 aliphatic carbocycles. The summed E-state index contributed by atoms with van der Waals surface area (Å²) < 4.78 is 22.2. The first-order chi connectivity index (χ1) is 23.1. The molecule has 0 aromatic heterocycles. The highest BCUT2D eigenvalue weighted by Crippen LogP contribution is 2.29. The summed E-state index contributed by atoms with van der Waals surface area (Å²) in [5.41, 5.74) is 6.05. The van der Waals surface area contributed by atoms with Gasteiger partial charge in [-0.15, -0.1) is 0 Å². The predicted molar refractivity (Wildman–Crippen MR) is 183 cm³/mol. The Kier molecular flexibility index (Phi) is 12.8. The average molecular weight is 635 g/mol. The molecule has 1 atom stereocenters. The van der Waals surface area contributed by atoms with Gasteiger partial charge < -0.3 is 18.9 Å². The molecular formula is C40H42O7. The Bertz CT molecular complexity index is 1590. The third-order valence-corrected chi connectivity index (χ3v) is 8.13. The van der Waals surface area contributed by atoms with Crippen molar-refractivity contribution in [2.75, 3.05) is 20.5 Å². The average Bonchev–Trinajstić information content (AvgIpc) is 3.60. The normalized spacial score (nSPS) is 13.7. The Morgan fingerprint density at radius 1 is 0.702 bits per heavy atom. The van der Waals surface area contributed by atoms with E-state index >= 15 is 0 Å². The first-order valence-corrected chi connectivity index (χ1v) is 16.1. The van der Waals surface area contributed by atoms with E-state index in [2.05, 4.69) is 47.4 Å². The third-order valence-electron chi connectivity index (χ3n) is 8.13. The number of allylic oxidation sites excluding steroid dienone is 4. The maximum Gasteiger partial charge on any atom is 0.343 e. The summed E-state index contributed by atoms with van der Waals surface area (Å²) >= 11 is 0. The molecule has 47 heavy (non-hydrogen) atoms. The van der Waals surface area contributed by atoms with Crippen LogP contribution >= 0.6 is 0 Å². The van der Waals surface area contributed by atoms with Gasteiger partial charge in [-0.2, -0.15) is 0 Å². The molecule has 0 bridgehead atoms. The van der Waals surface area contributed by atoms with Crippen molar-refractivity contribution in [2.45, 2.75) is 45.1 Å². The van der Waals surface area contributed by atoms with Crippen molar-refractivity contribution in [3.63, 3.8) is 0 Å². The molecule has 1 aliphatic rings. The molecule has 0 fully saturated rings. The van der Waals surface area contributed by atoms with Gasteiger partial charge in [0.25, 0.3) is 0 Å². The van der Waals surface area contributed by atoms with Crippen LogP contribution in [0.2, 0.25) is 0 Å². The highest BCUT2D eigenvalue weighted by molar-refractivity contribution is 5.91. The van der Waals surface area contributed by atoms with Crippen LogP contribution in [0.25, 0.3) is 16.7 Å². The maximum atomic E-state index is 12.7. The zero-order valence-corrected chi connectivity index (χ0v) is 26.8. The Hall–Kier alpha value is -4.69. The molecule has 7 nitrogen and oxygen atoms in total. The fourth-order valence-electron chi connectivity index (χ4n) is 5.43. The van der Waals surface area contributed by atoms with Crippen LogP contribution in [-0.2, 0) is 16.2 Å². The highest BCUT2D eigenvalue weighted by Gasteiger charge is 2.12. The van der Waals surface area contributed by atoms with E-state index in [1.54, 1.807) is 43.5 Å². The molecule has 0 saturated carbocycles. The van der Waals surface area contributed by atoms with Crippen LogP contribution in [0, 0.1) is 5.92 Å². The molecule has 0 amide bonds. The first-order valence-electron chi connectivity index (χ1n) is 16.1. The second kappa shape index (κ2) is 17.9. The van der Waals surface area contributed by atoms with E-state index in [1.165, 1.54) is 30.4 Å². The van der Waals surface area contributed by atoms with Crippen molar-refractivity contribution in [2.24, 2.45) is 5.92 Å². The SMILES string of the molecule is COc1ccc(-c2ccc(C(=O)Oc3ccc(OCOCc4ccc(C5=CC(CCCCCCCOO)C=C5)cc4)cc3)cc2)cc1. The van der Waals surface area contributed by atoms with Crippen molar-refractivity contribution in [1.82, 2.24) is 0 Å². The quantitative estimate of drug-likeness (QED) is 0.0291.